The van der Waals surface area contributed by atoms with Gasteiger partial charge >= 0.3 is 0 Å². The quantitative estimate of drug-likeness (QED) is 0.572. The summed E-state index contributed by atoms with van der Waals surface area (Å²) in [6.45, 7) is 4.11. The SMILES string of the molecule is CC(C)(CCCCCO)C(=O)c1ccco1. The smallest absolute Gasteiger partial charge is 0.203 e. The summed E-state index contributed by atoms with van der Waals surface area (Å²) in [5.74, 6) is 0.494. The molecule has 0 fully saturated rings. The summed E-state index contributed by atoms with van der Waals surface area (Å²) in [5, 5.41) is 8.67. The zero-order valence-corrected chi connectivity index (χ0v) is 10.0. The molecule has 0 saturated heterocycles. The van der Waals surface area contributed by atoms with Gasteiger partial charge in [0.2, 0.25) is 5.78 Å². The summed E-state index contributed by atoms with van der Waals surface area (Å²) in [5.41, 5.74) is -0.382. The van der Waals surface area contributed by atoms with Gasteiger partial charge in [-0.3, -0.25) is 4.79 Å². The fourth-order valence-electron chi connectivity index (χ4n) is 1.71. The van der Waals surface area contributed by atoms with Crippen LogP contribution in [0.1, 0.15) is 50.1 Å². The minimum absolute atomic E-state index is 0.0569. The predicted molar refractivity (Wildman–Crippen MR) is 62.4 cm³/mol. The maximum atomic E-state index is 12.0. The van der Waals surface area contributed by atoms with Gasteiger partial charge in [0, 0.05) is 12.0 Å². The standard InChI is InChI=1S/C13H20O3/c1-13(2,8-4-3-5-9-14)12(15)11-7-6-10-16-11/h6-7,10,14H,3-5,8-9H2,1-2H3. The third-order valence-corrected chi connectivity index (χ3v) is 2.82. The highest BCUT2D eigenvalue weighted by molar-refractivity contribution is 5.97. The van der Waals surface area contributed by atoms with E-state index >= 15 is 0 Å². The lowest BCUT2D eigenvalue weighted by Gasteiger charge is -2.21. The number of Topliss-reactive ketones (excluding diaryl/α,β-unsaturated/α-hetero) is 1. The monoisotopic (exact) mass is 224 g/mol. The molecule has 16 heavy (non-hydrogen) atoms. The molecule has 3 nitrogen and oxygen atoms in total. The second-order valence-electron chi connectivity index (χ2n) is 4.72. The van der Waals surface area contributed by atoms with Crippen LogP contribution in [0.4, 0.5) is 0 Å². The number of hydrogen-bond acceptors (Lipinski definition) is 3. The van der Waals surface area contributed by atoms with E-state index in [1.807, 2.05) is 13.8 Å². The highest BCUT2D eigenvalue weighted by Gasteiger charge is 2.29. The Kier molecular flexibility index (Phi) is 4.74. The van der Waals surface area contributed by atoms with Gasteiger partial charge < -0.3 is 9.52 Å². The van der Waals surface area contributed by atoms with Crippen molar-refractivity contribution in [3.8, 4) is 0 Å². The fourth-order valence-corrected chi connectivity index (χ4v) is 1.71. The topological polar surface area (TPSA) is 50.4 Å². The van der Waals surface area contributed by atoms with E-state index in [-0.39, 0.29) is 17.8 Å². The van der Waals surface area contributed by atoms with Crippen LogP contribution in [0.25, 0.3) is 0 Å². The Morgan fingerprint density at radius 2 is 2.12 bits per heavy atom. The molecule has 1 N–H and O–H groups in total. The van der Waals surface area contributed by atoms with Crippen molar-refractivity contribution in [3.05, 3.63) is 24.2 Å². The maximum absolute atomic E-state index is 12.0. The van der Waals surface area contributed by atoms with Crippen LogP contribution in [-0.4, -0.2) is 17.5 Å². The number of furan rings is 1. The number of aliphatic hydroxyl groups excluding tert-OH is 1. The molecule has 1 aromatic heterocycles. The molecule has 0 aliphatic carbocycles. The maximum Gasteiger partial charge on any atom is 0.203 e. The number of aliphatic hydroxyl groups is 1. The molecule has 0 atom stereocenters. The van der Waals surface area contributed by atoms with E-state index in [0.717, 1.165) is 25.7 Å². The molecule has 0 radical (unpaired) electrons. The lowest BCUT2D eigenvalue weighted by molar-refractivity contribution is 0.0792. The molecule has 0 bridgehead atoms. The number of carbonyl (C=O) groups excluding carboxylic acids is 1. The average Bonchev–Trinajstić information content (AvgIpc) is 2.76. The van der Waals surface area contributed by atoms with Crippen LogP contribution in [0.15, 0.2) is 22.8 Å². The first kappa shape index (κ1) is 13.0. The number of hydrogen-bond donors (Lipinski definition) is 1. The molecular formula is C13H20O3. The largest absolute Gasteiger partial charge is 0.461 e. The summed E-state index contributed by atoms with van der Waals surface area (Å²) in [6.07, 6.45) is 5.08. The molecule has 0 aliphatic heterocycles. The van der Waals surface area contributed by atoms with Gasteiger partial charge in [0.05, 0.1) is 6.26 Å². The average molecular weight is 224 g/mol. The fraction of sp³-hybridized carbons (Fsp3) is 0.615. The van der Waals surface area contributed by atoms with Gasteiger partial charge in [0.15, 0.2) is 5.76 Å². The van der Waals surface area contributed by atoms with Crippen LogP contribution in [0.5, 0.6) is 0 Å². The lowest BCUT2D eigenvalue weighted by Crippen LogP contribution is -2.23. The molecule has 1 aromatic rings. The summed E-state index contributed by atoms with van der Waals surface area (Å²) >= 11 is 0. The van der Waals surface area contributed by atoms with E-state index < -0.39 is 0 Å². The number of ketones is 1. The molecular weight excluding hydrogens is 204 g/mol. The van der Waals surface area contributed by atoms with E-state index in [2.05, 4.69) is 0 Å². The zero-order chi connectivity index (χ0) is 12.0. The molecule has 0 amide bonds. The first-order valence-corrected chi connectivity index (χ1v) is 5.77. The Morgan fingerprint density at radius 3 is 2.69 bits per heavy atom. The first-order valence-electron chi connectivity index (χ1n) is 5.77. The normalized spacial score (nSPS) is 11.7. The Morgan fingerprint density at radius 1 is 1.38 bits per heavy atom. The van der Waals surface area contributed by atoms with E-state index in [0.29, 0.717) is 5.76 Å². The van der Waals surface area contributed by atoms with E-state index in [1.54, 1.807) is 12.1 Å². The second kappa shape index (κ2) is 5.85. The third-order valence-electron chi connectivity index (χ3n) is 2.82. The van der Waals surface area contributed by atoms with Crippen molar-refractivity contribution in [2.75, 3.05) is 6.61 Å². The van der Waals surface area contributed by atoms with Crippen LogP contribution in [0.3, 0.4) is 0 Å². The van der Waals surface area contributed by atoms with Gasteiger partial charge in [0.1, 0.15) is 0 Å². The van der Waals surface area contributed by atoms with Crippen LogP contribution in [0.2, 0.25) is 0 Å². The van der Waals surface area contributed by atoms with Crippen LogP contribution < -0.4 is 0 Å². The van der Waals surface area contributed by atoms with Gasteiger partial charge in [0.25, 0.3) is 0 Å². The van der Waals surface area contributed by atoms with Crippen molar-refractivity contribution in [1.29, 1.82) is 0 Å². The van der Waals surface area contributed by atoms with E-state index in [4.69, 9.17) is 9.52 Å². The predicted octanol–water partition coefficient (Wildman–Crippen LogP) is 3.04. The van der Waals surface area contributed by atoms with Crippen molar-refractivity contribution < 1.29 is 14.3 Å². The first-order chi connectivity index (χ1) is 7.58. The lowest BCUT2D eigenvalue weighted by atomic mass is 9.81. The number of carbonyl (C=O) groups is 1. The Labute approximate surface area is 96.5 Å². The highest BCUT2D eigenvalue weighted by atomic mass is 16.3. The van der Waals surface area contributed by atoms with Crippen molar-refractivity contribution in [1.82, 2.24) is 0 Å². The molecule has 3 heteroatoms. The Hall–Kier alpha value is -1.09. The summed E-state index contributed by atoms with van der Waals surface area (Å²) in [7, 11) is 0. The molecule has 0 aromatic carbocycles. The van der Waals surface area contributed by atoms with E-state index in [1.165, 1.54) is 6.26 Å². The molecule has 0 unspecified atom stereocenters. The molecule has 0 spiro atoms. The van der Waals surface area contributed by atoms with E-state index in [9.17, 15) is 4.79 Å². The van der Waals surface area contributed by atoms with Crippen LogP contribution in [0, 0.1) is 5.41 Å². The van der Waals surface area contributed by atoms with Crippen molar-refractivity contribution in [2.24, 2.45) is 5.41 Å². The summed E-state index contributed by atoms with van der Waals surface area (Å²) < 4.78 is 5.12. The van der Waals surface area contributed by atoms with Gasteiger partial charge in [-0.25, -0.2) is 0 Å². The molecule has 1 heterocycles. The van der Waals surface area contributed by atoms with Crippen molar-refractivity contribution in [2.45, 2.75) is 39.5 Å². The molecule has 1 rings (SSSR count). The van der Waals surface area contributed by atoms with Gasteiger partial charge in [-0.15, -0.1) is 0 Å². The number of rotatable bonds is 7. The highest BCUT2D eigenvalue weighted by Crippen LogP contribution is 2.28. The summed E-state index contributed by atoms with van der Waals surface area (Å²) in [4.78, 5) is 12.0. The minimum atomic E-state index is -0.382. The van der Waals surface area contributed by atoms with Crippen LogP contribution in [-0.2, 0) is 0 Å². The summed E-state index contributed by atoms with van der Waals surface area (Å²) in [6, 6.07) is 3.44. The van der Waals surface area contributed by atoms with Crippen molar-refractivity contribution >= 4 is 5.78 Å². The Balaban J connectivity index is 2.47. The molecule has 90 valence electrons. The molecule has 0 saturated carbocycles. The van der Waals surface area contributed by atoms with Gasteiger partial charge in [-0.2, -0.15) is 0 Å². The van der Waals surface area contributed by atoms with Gasteiger partial charge in [-0.05, 0) is 25.0 Å². The second-order valence-corrected chi connectivity index (χ2v) is 4.72. The number of unbranched alkanes of at least 4 members (excludes halogenated alkanes) is 2. The van der Waals surface area contributed by atoms with Crippen molar-refractivity contribution in [3.63, 3.8) is 0 Å². The minimum Gasteiger partial charge on any atom is -0.461 e. The van der Waals surface area contributed by atoms with Crippen LogP contribution >= 0.6 is 0 Å². The molecule has 0 aliphatic rings. The third kappa shape index (κ3) is 3.49. The van der Waals surface area contributed by atoms with Gasteiger partial charge in [-0.1, -0.05) is 26.7 Å². The zero-order valence-electron chi connectivity index (χ0n) is 10.0. The Bertz CT molecular complexity index is 312.